The Balaban J connectivity index is 2.30. The van der Waals surface area contributed by atoms with Gasteiger partial charge in [0.25, 0.3) is 0 Å². The lowest BCUT2D eigenvalue weighted by Gasteiger charge is -2.08. The molecule has 2 rings (SSSR count). The number of carbonyl (C=O) groups excluding carboxylic acids is 1. The van der Waals surface area contributed by atoms with E-state index in [1.54, 1.807) is 24.3 Å². The van der Waals surface area contributed by atoms with Gasteiger partial charge in [0.2, 0.25) is 0 Å². The van der Waals surface area contributed by atoms with Crippen molar-refractivity contribution in [2.24, 2.45) is 0 Å². The van der Waals surface area contributed by atoms with Gasteiger partial charge in [0, 0.05) is 5.69 Å². The minimum Gasteiger partial charge on any atom is -0.465 e. The Morgan fingerprint density at radius 1 is 1.45 bits per heavy atom. The molecule has 20 heavy (non-hydrogen) atoms. The molecule has 0 aliphatic rings. The first-order valence-electron chi connectivity index (χ1n) is 5.75. The Kier molecular flexibility index (Phi) is 3.82. The number of rotatable bonds is 3. The number of nitrogen functional groups attached to an aromatic ring is 1. The van der Waals surface area contributed by atoms with Gasteiger partial charge in [-0.15, -0.1) is 0 Å². The summed E-state index contributed by atoms with van der Waals surface area (Å²) in [6.07, 6.45) is 1.38. The maximum atomic E-state index is 11.5. The Morgan fingerprint density at radius 2 is 2.25 bits per heavy atom. The molecule has 0 aliphatic carbocycles. The van der Waals surface area contributed by atoms with Crippen LogP contribution in [0.4, 0.5) is 17.2 Å². The van der Waals surface area contributed by atoms with E-state index in [9.17, 15) is 4.79 Å². The van der Waals surface area contributed by atoms with Crippen molar-refractivity contribution in [3.63, 3.8) is 0 Å². The Bertz CT molecular complexity index is 692. The second-order valence-electron chi connectivity index (χ2n) is 3.97. The molecular weight excluding hydrogens is 256 g/mol. The maximum Gasteiger partial charge on any atom is 0.340 e. The predicted molar refractivity (Wildman–Crippen MR) is 74.4 cm³/mol. The van der Waals surface area contributed by atoms with Crippen LogP contribution in [0.15, 0.2) is 36.5 Å². The number of nitrogens with one attached hydrogen (secondary N) is 1. The normalized spacial score (nSPS) is 9.60. The summed E-state index contributed by atoms with van der Waals surface area (Å²) >= 11 is 0. The lowest BCUT2D eigenvalue weighted by atomic mass is 10.2. The molecule has 0 bridgehead atoms. The zero-order chi connectivity index (χ0) is 14.5. The van der Waals surface area contributed by atoms with Crippen LogP contribution in [-0.2, 0) is 4.74 Å². The highest BCUT2D eigenvalue weighted by Gasteiger charge is 2.11. The number of hydrogen-bond acceptors (Lipinski definition) is 6. The SMILES string of the molecule is COC(=O)c1cc(Nc2cccc(C#N)c2)ncc1N. The van der Waals surface area contributed by atoms with Crippen LogP contribution in [0.25, 0.3) is 0 Å². The molecule has 0 spiro atoms. The van der Waals surface area contributed by atoms with Gasteiger partial charge in [-0.25, -0.2) is 9.78 Å². The molecular formula is C14H12N4O2. The highest BCUT2D eigenvalue weighted by Crippen LogP contribution is 2.20. The molecule has 1 aromatic carbocycles. The van der Waals surface area contributed by atoms with E-state index in [0.717, 1.165) is 0 Å². The van der Waals surface area contributed by atoms with Gasteiger partial charge >= 0.3 is 5.97 Å². The van der Waals surface area contributed by atoms with E-state index >= 15 is 0 Å². The van der Waals surface area contributed by atoms with E-state index < -0.39 is 5.97 Å². The largest absolute Gasteiger partial charge is 0.465 e. The van der Waals surface area contributed by atoms with Crippen LogP contribution in [0.2, 0.25) is 0 Å². The van der Waals surface area contributed by atoms with Crippen LogP contribution in [-0.4, -0.2) is 18.1 Å². The first-order chi connectivity index (χ1) is 9.63. The molecule has 3 N–H and O–H groups in total. The highest BCUT2D eigenvalue weighted by molar-refractivity contribution is 5.95. The number of nitrogens with two attached hydrogens (primary N) is 1. The van der Waals surface area contributed by atoms with Gasteiger partial charge in [-0.2, -0.15) is 5.26 Å². The molecule has 0 saturated heterocycles. The van der Waals surface area contributed by atoms with Crippen LogP contribution < -0.4 is 11.1 Å². The number of pyridine rings is 1. The van der Waals surface area contributed by atoms with Crippen molar-refractivity contribution >= 4 is 23.2 Å². The van der Waals surface area contributed by atoms with Gasteiger partial charge in [0.1, 0.15) is 5.82 Å². The highest BCUT2D eigenvalue weighted by atomic mass is 16.5. The zero-order valence-corrected chi connectivity index (χ0v) is 10.8. The van der Waals surface area contributed by atoms with Gasteiger partial charge in [-0.05, 0) is 24.3 Å². The smallest absolute Gasteiger partial charge is 0.340 e. The summed E-state index contributed by atoms with van der Waals surface area (Å²) < 4.78 is 4.64. The van der Waals surface area contributed by atoms with Crippen LogP contribution in [0.1, 0.15) is 15.9 Å². The first kappa shape index (κ1) is 13.4. The molecule has 2 aromatic rings. The number of ether oxygens (including phenoxy) is 1. The number of hydrogen-bond donors (Lipinski definition) is 2. The average Bonchev–Trinajstić information content (AvgIpc) is 2.48. The molecule has 0 saturated carbocycles. The standard InChI is InChI=1S/C14H12N4O2/c1-20-14(19)11-6-13(17-8-12(11)16)18-10-4-2-3-9(5-10)7-15/h2-6,8H,16H2,1H3,(H,17,18). The number of methoxy groups -OCH3 is 1. The fraction of sp³-hybridized carbons (Fsp3) is 0.0714. The van der Waals surface area contributed by atoms with Crippen molar-refractivity contribution in [1.82, 2.24) is 4.98 Å². The van der Waals surface area contributed by atoms with Crippen molar-refractivity contribution in [1.29, 1.82) is 5.26 Å². The third-order valence-corrected chi connectivity index (χ3v) is 2.60. The molecule has 0 aliphatic heterocycles. The summed E-state index contributed by atoms with van der Waals surface area (Å²) in [4.78, 5) is 15.6. The number of carbonyl (C=O) groups is 1. The fourth-order valence-electron chi connectivity index (χ4n) is 1.64. The Morgan fingerprint density at radius 3 is 2.95 bits per heavy atom. The maximum absolute atomic E-state index is 11.5. The lowest BCUT2D eigenvalue weighted by molar-refractivity contribution is 0.0602. The minimum atomic E-state index is -0.529. The number of esters is 1. The van der Waals surface area contributed by atoms with Crippen LogP contribution >= 0.6 is 0 Å². The van der Waals surface area contributed by atoms with Crippen LogP contribution in [0.3, 0.4) is 0 Å². The van der Waals surface area contributed by atoms with Crippen molar-refractivity contribution in [2.75, 3.05) is 18.2 Å². The molecule has 1 heterocycles. The predicted octanol–water partition coefficient (Wildman–Crippen LogP) is 2.07. The summed E-state index contributed by atoms with van der Waals surface area (Å²) in [5, 5.41) is 11.8. The molecule has 6 heteroatoms. The Hall–Kier alpha value is -3.07. The fourth-order valence-corrected chi connectivity index (χ4v) is 1.64. The van der Waals surface area contributed by atoms with Gasteiger partial charge in [0.15, 0.2) is 0 Å². The topological polar surface area (TPSA) is 101 Å². The molecule has 0 fully saturated rings. The molecule has 0 atom stereocenters. The summed E-state index contributed by atoms with van der Waals surface area (Å²) in [6.45, 7) is 0. The van der Waals surface area contributed by atoms with E-state index in [1.807, 2.05) is 6.07 Å². The Labute approximate surface area is 115 Å². The van der Waals surface area contributed by atoms with Crippen LogP contribution in [0, 0.1) is 11.3 Å². The summed E-state index contributed by atoms with van der Waals surface area (Å²) in [5.41, 5.74) is 7.37. The van der Waals surface area contributed by atoms with E-state index in [4.69, 9.17) is 11.0 Å². The van der Waals surface area contributed by atoms with Crippen molar-refractivity contribution in [2.45, 2.75) is 0 Å². The van der Waals surface area contributed by atoms with Gasteiger partial charge < -0.3 is 15.8 Å². The van der Waals surface area contributed by atoms with Gasteiger partial charge in [0.05, 0.1) is 36.2 Å². The third kappa shape index (κ3) is 2.84. The number of nitrogens with zero attached hydrogens (tertiary/aromatic N) is 2. The number of anilines is 3. The van der Waals surface area contributed by atoms with Crippen molar-refractivity contribution in [3.8, 4) is 6.07 Å². The quantitative estimate of drug-likeness (QED) is 0.826. The molecule has 0 radical (unpaired) electrons. The summed E-state index contributed by atoms with van der Waals surface area (Å²) in [6, 6.07) is 10.5. The first-order valence-corrected chi connectivity index (χ1v) is 5.75. The molecule has 0 unspecified atom stereocenters. The van der Waals surface area contributed by atoms with Crippen molar-refractivity contribution in [3.05, 3.63) is 47.7 Å². The molecule has 1 aromatic heterocycles. The van der Waals surface area contributed by atoms with E-state index in [0.29, 0.717) is 17.1 Å². The monoisotopic (exact) mass is 268 g/mol. The number of aromatic nitrogens is 1. The number of benzene rings is 1. The molecule has 0 amide bonds. The van der Waals surface area contributed by atoms with E-state index in [-0.39, 0.29) is 11.3 Å². The van der Waals surface area contributed by atoms with E-state index in [1.165, 1.54) is 19.4 Å². The second-order valence-corrected chi connectivity index (χ2v) is 3.97. The zero-order valence-electron chi connectivity index (χ0n) is 10.8. The van der Waals surface area contributed by atoms with Crippen LogP contribution in [0.5, 0.6) is 0 Å². The van der Waals surface area contributed by atoms with Gasteiger partial charge in [-0.1, -0.05) is 6.07 Å². The molecule has 6 nitrogen and oxygen atoms in total. The minimum absolute atomic E-state index is 0.237. The van der Waals surface area contributed by atoms with Gasteiger partial charge in [-0.3, -0.25) is 0 Å². The molecule has 100 valence electrons. The number of nitriles is 1. The summed E-state index contributed by atoms with van der Waals surface area (Å²) in [7, 11) is 1.28. The lowest BCUT2D eigenvalue weighted by Crippen LogP contribution is -2.07. The van der Waals surface area contributed by atoms with Crippen molar-refractivity contribution < 1.29 is 9.53 Å². The summed E-state index contributed by atoms with van der Waals surface area (Å²) in [5.74, 6) is -0.0894. The average molecular weight is 268 g/mol. The second kappa shape index (κ2) is 5.71. The third-order valence-electron chi connectivity index (χ3n) is 2.60. The van der Waals surface area contributed by atoms with E-state index in [2.05, 4.69) is 15.0 Å².